The Kier molecular flexibility index (Phi) is 7.15. The lowest BCUT2D eigenvalue weighted by Crippen LogP contribution is -2.46. The zero-order chi connectivity index (χ0) is 25.8. The van der Waals surface area contributed by atoms with Crippen LogP contribution in [0.5, 0.6) is 11.5 Å². The molecule has 9 nitrogen and oxygen atoms in total. The lowest BCUT2D eigenvalue weighted by Gasteiger charge is -2.18. The van der Waals surface area contributed by atoms with Crippen LogP contribution in [-0.4, -0.2) is 35.0 Å². The van der Waals surface area contributed by atoms with E-state index in [0.29, 0.717) is 16.5 Å². The molecular formula is C25H19ClFN5O4S. The highest BCUT2D eigenvalue weighted by Crippen LogP contribution is 2.37. The van der Waals surface area contributed by atoms with E-state index >= 15 is 0 Å². The molecule has 1 atom stereocenters. The van der Waals surface area contributed by atoms with E-state index in [1.165, 1.54) is 23.5 Å². The molecule has 188 valence electrons. The van der Waals surface area contributed by atoms with Gasteiger partial charge in [0.15, 0.2) is 11.5 Å². The second kappa shape index (κ2) is 10.8. The topological polar surface area (TPSA) is 114 Å². The lowest BCUT2D eigenvalue weighted by molar-refractivity contribution is -0.117. The molecule has 1 aliphatic rings. The molecule has 5 rings (SSSR count). The van der Waals surface area contributed by atoms with Gasteiger partial charge >= 0.3 is 6.03 Å². The van der Waals surface area contributed by atoms with E-state index < -0.39 is 23.8 Å². The molecule has 0 bridgehead atoms. The number of hydrogen-bond acceptors (Lipinski definition) is 7. The van der Waals surface area contributed by atoms with Crippen molar-refractivity contribution in [3.63, 3.8) is 0 Å². The molecule has 1 aromatic heterocycles. The van der Waals surface area contributed by atoms with Crippen molar-refractivity contribution < 1.29 is 23.5 Å². The van der Waals surface area contributed by atoms with E-state index in [4.69, 9.17) is 21.1 Å². The van der Waals surface area contributed by atoms with Crippen molar-refractivity contribution >= 4 is 45.7 Å². The molecule has 1 aliphatic heterocycles. The monoisotopic (exact) mass is 539 g/mol. The van der Waals surface area contributed by atoms with Gasteiger partial charge in [-0.15, -0.1) is 10.2 Å². The summed E-state index contributed by atoms with van der Waals surface area (Å²) in [5.41, 5.74) is 1.88. The maximum absolute atomic E-state index is 13.4. The molecule has 1 unspecified atom stereocenters. The van der Waals surface area contributed by atoms with Crippen LogP contribution in [-0.2, 0) is 11.2 Å². The Morgan fingerprint density at radius 2 is 1.81 bits per heavy atom. The standard InChI is InChI=1S/C25H19ClFN5O4S/c26-17-12-16(7-8-18(17)27)28-24(34)29-19(10-14-4-2-1-3-5-14)22(33)30-25-32-31-23(37-25)15-6-9-20-21(11-15)36-13-35-20/h1-9,11-12,19H,10,13H2,(H2,28,29,34)(H,30,32,33). The highest BCUT2D eigenvalue weighted by Gasteiger charge is 2.23. The summed E-state index contributed by atoms with van der Waals surface area (Å²) in [6, 6.07) is 16.8. The van der Waals surface area contributed by atoms with Crippen molar-refractivity contribution in [2.75, 3.05) is 17.4 Å². The number of carbonyl (C=O) groups is 2. The van der Waals surface area contributed by atoms with E-state index in [-0.39, 0.29) is 29.1 Å². The van der Waals surface area contributed by atoms with Crippen LogP contribution in [0.1, 0.15) is 5.56 Å². The molecule has 0 saturated carbocycles. The summed E-state index contributed by atoms with van der Waals surface area (Å²) >= 11 is 6.97. The number of aromatic nitrogens is 2. The highest BCUT2D eigenvalue weighted by molar-refractivity contribution is 7.18. The molecule has 0 fully saturated rings. The summed E-state index contributed by atoms with van der Waals surface area (Å²) in [6.07, 6.45) is 0.220. The maximum Gasteiger partial charge on any atom is 0.319 e. The number of halogens is 2. The van der Waals surface area contributed by atoms with Crippen LogP contribution in [0.2, 0.25) is 5.02 Å². The zero-order valence-corrected chi connectivity index (χ0v) is 20.6. The van der Waals surface area contributed by atoms with Gasteiger partial charge in [0.05, 0.1) is 5.02 Å². The van der Waals surface area contributed by atoms with Gasteiger partial charge in [-0.05, 0) is 42.0 Å². The number of carbonyl (C=O) groups excluding carboxylic acids is 2. The highest BCUT2D eigenvalue weighted by atomic mass is 35.5. The number of fused-ring (bicyclic) bond motifs is 1. The van der Waals surface area contributed by atoms with E-state index in [1.54, 1.807) is 12.1 Å². The summed E-state index contributed by atoms with van der Waals surface area (Å²) in [7, 11) is 0. The summed E-state index contributed by atoms with van der Waals surface area (Å²) in [4.78, 5) is 25.8. The predicted molar refractivity (Wildman–Crippen MR) is 138 cm³/mol. The van der Waals surface area contributed by atoms with Gasteiger partial charge in [-0.3, -0.25) is 10.1 Å². The fourth-order valence-electron chi connectivity index (χ4n) is 3.57. The van der Waals surface area contributed by atoms with Crippen molar-refractivity contribution in [1.82, 2.24) is 15.5 Å². The number of amides is 3. The Hall–Kier alpha value is -4.22. The third kappa shape index (κ3) is 5.96. The summed E-state index contributed by atoms with van der Waals surface area (Å²) in [5, 5.41) is 16.9. The van der Waals surface area contributed by atoms with Crippen LogP contribution >= 0.6 is 22.9 Å². The number of nitrogens with one attached hydrogen (secondary N) is 3. The summed E-state index contributed by atoms with van der Waals surface area (Å²) < 4.78 is 24.2. The Morgan fingerprint density at radius 3 is 2.62 bits per heavy atom. The van der Waals surface area contributed by atoms with Gasteiger partial charge in [-0.1, -0.05) is 53.3 Å². The minimum atomic E-state index is -0.948. The van der Waals surface area contributed by atoms with Crippen molar-refractivity contribution in [3.05, 3.63) is 83.1 Å². The van der Waals surface area contributed by atoms with Gasteiger partial charge in [0.2, 0.25) is 17.8 Å². The Morgan fingerprint density at radius 1 is 1.00 bits per heavy atom. The second-order valence-electron chi connectivity index (χ2n) is 7.94. The quantitative estimate of drug-likeness (QED) is 0.301. The number of urea groups is 1. The molecule has 4 aromatic rings. The maximum atomic E-state index is 13.4. The van der Waals surface area contributed by atoms with E-state index in [1.807, 2.05) is 36.4 Å². The molecule has 3 N–H and O–H groups in total. The molecule has 3 amide bonds. The Labute approximate surface area is 219 Å². The van der Waals surface area contributed by atoms with E-state index in [9.17, 15) is 14.0 Å². The first kappa shape index (κ1) is 24.5. The molecule has 3 aromatic carbocycles. The minimum Gasteiger partial charge on any atom is -0.454 e. The lowest BCUT2D eigenvalue weighted by atomic mass is 10.1. The summed E-state index contributed by atoms with van der Waals surface area (Å²) in [5.74, 6) is 0.173. The predicted octanol–water partition coefficient (Wildman–Crippen LogP) is 5.10. The molecule has 37 heavy (non-hydrogen) atoms. The average molecular weight is 540 g/mol. The van der Waals surface area contributed by atoms with Crippen LogP contribution in [0, 0.1) is 5.82 Å². The summed E-state index contributed by atoms with van der Waals surface area (Å²) in [6.45, 7) is 0.161. The van der Waals surface area contributed by atoms with E-state index in [2.05, 4.69) is 26.1 Å². The zero-order valence-electron chi connectivity index (χ0n) is 19.0. The third-order valence-corrected chi connectivity index (χ3v) is 6.53. The number of ether oxygens (including phenoxy) is 2. The largest absolute Gasteiger partial charge is 0.454 e. The Balaban J connectivity index is 1.29. The molecule has 12 heteroatoms. The molecule has 0 spiro atoms. The van der Waals surface area contributed by atoms with Crippen LogP contribution in [0.15, 0.2) is 66.7 Å². The molecule has 2 heterocycles. The number of rotatable bonds is 7. The van der Waals surface area contributed by atoms with E-state index in [0.717, 1.165) is 17.2 Å². The fourth-order valence-corrected chi connectivity index (χ4v) is 4.49. The first-order valence-electron chi connectivity index (χ1n) is 11.1. The van der Waals surface area contributed by atoms with Crippen LogP contribution in [0.25, 0.3) is 10.6 Å². The van der Waals surface area contributed by atoms with Crippen molar-refractivity contribution in [2.24, 2.45) is 0 Å². The molecule has 0 radical (unpaired) electrons. The van der Waals surface area contributed by atoms with Gasteiger partial charge in [0, 0.05) is 17.7 Å². The number of nitrogens with zero attached hydrogens (tertiary/aromatic N) is 2. The normalized spacial score (nSPS) is 12.6. The smallest absolute Gasteiger partial charge is 0.319 e. The van der Waals surface area contributed by atoms with Gasteiger partial charge in [-0.2, -0.15) is 0 Å². The van der Waals surface area contributed by atoms with Crippen molar-refractivity contribution in [2.45, 2.75) is 12.5 Å². The third-order valence-electron chi connectivity index (χ3n) is 5.36. The van der Waals surface area contributed by atoms with Gasteiger partial charge in [-0.25, -0.2) is 9.18 Å². The molecule has 0 saturated heterocycles. The Bertz CT molecular complexity index is 1450. The first-order chi connectivity index (χ1) is 17.9. The number of hydrogen-bond donors (Lipinski definition) is 3. The second-order valence-corrected chi connectivity index (χ2v) is 9.32. The number of benzene rings is 3. The molecule has 0 aliphatic carbocycles. The van der Waals surface area contributed by atoms with Crippen molar-refractivity contribution in [1.29, 1.82) is 0 Å². The van der Waals surface area contributed by atoms with Gasteiger partial charge in [0.1, 0.15) is 16.9 Å². The minimum absolute atomic E-state index is 0.133. The van der Waals surface area contributed by atoms with Gasteiger partial charge < -0.3 is 20.1 Å². The average Bonchev–Trinajstić information content (AvgIpc) is 3.55. The first-order valence-corrected chi connectivity index (χ1v) is 12.2. The fraction of sp³-hybridized carbons (Fsp3) is 0.120. The number of anilines is 2. The van der Waals surface area contributed by atoms with Crippen LogP contribution < -0.4 is 25.4 Å². The van der Waals surface area contributed by atoms with Crippen LogP contribution in [0.3, 0.4) is 0 Å². The van der Waals surface area contributed by atoms with Crippen LogP contribution in [0.4, 0.5) is 20.0 Å². The van der Waals surface area contributed by atoms with Crippen molar-refractivity contribution in [3.8, 4) is 22.1 Å². The SMILES string of the molecule is O=C(Nc1ccc(F)c(Cl)c1)NC(Cc1ccccc1)C(=O)Nc1nnc(-c2ccc3c(c2)OCO3)s1. The molecular weight excluding hydrogens is 521 g/mol. The van der Waals surface area contributed by atoms with Gasteiger partial charge in [0.25, 0.3) is 0 Å².